The Morgan fingerprint density at radius 3 is 1.46 bits per heavy atom. The number of rotatable bonds is 7. The quantitative estimate of drug-likeness (QED) is 0.151. The highest BCUT2D eigenvalue weighted by Crippen LogP contribution is 2.48. The topological polar surface area (TPSA) is 51.6 Å². The summed E-state index contributed by atoms with van der Waals surface area (Å²) in [6, 6.07) is 79.3. The predicted octanol–water partition coefficient (Wildman–Crippen LogP) is 14.7. The summed E-state index contributed by atoms with van der Waals surface area (Å²) in [5.74, 6) is 2.00. The molecule has 2 heterocycles. The highest BCUT2D eigenvalue weighted by molar-refractivity contribution is 6.17. The fourth-order valence-electron chi connectivity index (χ4n) is 9.47. The van der Waals surface area contributed by atoms with E-state index in [1.165, 1.54) is 44.3 Å². The average molecular weight is 803 g/mol. The van der Waals surface area contributed by atoms with Gasteiger partial charge >= 0.3 is 0 Å². The summed E-state index contributed by atoms with van der Waals surface area (Å²) in [5.41, 5.74) is 16.7. The standard InChI is InChI=1S/C59H38N4/c1-4-17-38(18-5-1)46-31-16-32-52-55(46)51-34-33-42(37-53(51)60-56(52)39-19-6-2-7-20-39)41-23-14-25-44(35-41)58-61-57(40-21-8-3-9-22-40)62-59(63-58)45-26-15-24-43(36-45)54-49-29-12-10-27-47(49)48-28-11-13-30-50(48)54/h1-37,54H. The fourth-order valence-corrected chi connectivity index (χ4v) is 9.47. The molecule has 4 heteroatoms. The molecular weight excluding hydrogens is 765 g/mol. The van der Waals surface area contributed by atoms with Crippen molar-refractivity contribution < 1.29 is 0 Å². The molecule has 4 nitrogen and oxygen atoms in total. The van der Waals surface area contributed by atoms with Gasteiger partial charge in [0.15, 0.2) is 17.5 Å². The van der Waals surface area contributed by atoms with Crippen molar-refractivity contribution in [3.05, 3.63) is 241 Å². The van der Waals surface area contributed by atoms with Crippen molar-refractivity contribution in [2.75, 3.05) is 0 Å². The monoisotopic (exact) mass is 802 g/mol. The van der Waals surface area contributed by atoms with E-state index in [2.05, 4.69) is 206 Å². The second-order valence-corrected chi connectivity index (χ2v) is 16.1. The summed E-state index contributed by atoms with van der Waals surface area (Å²) in [6.07, 6.45) is 0. The Balaban J connectivity index is 0.984. The number of fused-ring (bicyclic) bond motifs is 6. The minimum Gasteiger partial charge on any atom is -0.247 e. The first-order chi connectivity index (χ1) is 31.2. The number of nitrogens with zero attached hydrogens (tertiary/aromatic N) is 4. The first-order valence-corrected chi connectivity index (χ1v) is 21.4. The van der Waals surface area contributed by atoms with Crippen molar-refractivity contribution in [1.82, 2.24) is 19.9 Å². The van der Waals surface area contributed by atoms with Gasteiger partial charge in [-0.25, -0.2) is 19.9 Å². The molecule has 0 saturated carbocycles. The SMILES string of the molecule is c1ccc(-c2nc(-c3cccc(-c4ccc5c(c4)nc(-c4ccccc4)c4cccc(-c6ccccc6)c45)c3)nc(-c3cccc(C4c5ccccc5-c5ccccc54)c3)n2)cc1. The molecule has 0 radical (unpaired) electrons. The van der Waals surface area contributed by atoms with Gasteiger partial charge in [-0.05, 0) is 68.3 Å². The number of benzene rings is 9. The molecule has 0 saturated heterocycles. The van der Waals surface area contributed by atoms with Crippen LogP contribution in [0.3, 0.4) is 0 Å². The van der Waals surface area contributed by atoms with E-state index in [1.54, 1.807) is 0 Å². The highest BCUT2D eigenvalue weighted by Gasteiger charge is 2.29. The summed E-state index contributed by atoms with van der Waals surface area (Å²) in [4.78, 5) is 20.9. The fraction of sp³-hybridized carbons (Fsp3) is 0.0169. The lowest BCUT2D eigenvalue weighted by Crippen LogP contribution is -2.02. The van der Waals surface area contributed by atoms with Crippen LogP contribution in [0.25, 0.3) is 100 Å². The van der Waals surface area contributed by atoms with Crippen LogP contribution < -0.4 is 0 Å². The molecule has 0 unspecified atom stereocenters. The van der Waals surface area contributed by atoms with E-state index in [4.69, 9.17) is 19.9 Å². The molecule has 9 aromatic carbocycles. The first-order valence-electron chi connectivity index (χ1n) is 21.4. The Labute approximate surface area is 365 Å². The Hall–Kier alpha value is -8.34. The summed E-state index contributed by atoms with van der Waals surface area (Å²) in [5, 5.41) is 3.45. The third kappa shape index (κ3) is 6.48. The van der Waals surface area contributed by atoms with Crippen molar-refractivity contribution >= 4 is 21.7 Å². The van der Waals surface area contributed by atoms with Gasteiger partial charge in [-0.2, -0.15) is 0 Å². The molecule has 0 amide bonds. The Kier molecular flexibility index (Phi) is 8.86. The average Bonchev–Trinajstić information content (AvgIpc) is 3.71. The van der Waals surface area contributed by atoms with Crippen LogP contribution in [-0.2, 0) is 0 Å². The molecule has 0 bridgehead atoms. The minimum atomic E-state index is 0.118. The van der Waals surface area contributed by atoms with E-state index >= 15 is 0 Å². The van der Waals surface area contributed by atoms with Gasteiger partial charge in [0.2, 0.25) is 0 Å². The van der Waals surface area contributed by atoms with Crippen LogP contribution >= 0.6 is 0 Å². The third-order valence-corrected chi connectivity index (χ3v) is 12.4. The number of hydrogen-bond donors (Lipinski definition) is 0. The van der Waals surface area contributed by atoms with Gasteiger partial charge in [0.1, 0.15) is 0 Å². The van der Waals surface area contributed by atoms with Gasteiger partial charge < -0.3 is 0 Å². The van der Waals surface area contributed by atoms with E-state index in [9.17, 15) is 0 Å². The summed E-state index contributed by atoms with van der Waals surface area (Å²) >= 11 is 0. The van der Waals surface area contributed by atoms with Gasteiger partial charge in [-0.1, -0.05) is 206 Å². The lowest BCUT2D eigenvalue weighted by atomic mass is 9.88. The maximum Gasteiger partial charge on any atom is 0.164 e. The van der Waals surface area contributed by atoms with Gasteiger partial charge in [0.05, 0.1) is 11.2 Å². The van der Waals surface area contributed by atoms with Crippen molar-refractivity contribution in [3.63, 3.8) is 0 Å². The molecule has 2 aromatic heterocycles. The predicted molar refractivity (Wildman–Crippen MR) is 258 cm³/mol. The van der Waals surface area contributed by atoms with Crippen LogP contribution in [0.2, 0.25) is 0 Å². The number of aromatic nitrogens is 4. The van der Waals surface area contributed by atoms with Crippen LogP contribution in [0.1, 0.15) is 22.6 Å². The van der Waals surface area contributed by atoms with Crippen LogP contribution in [0.4, 0.5) is 0 Å². The molecule has 0 aliphatic heterocycles. The van der Waals surface area contributed by atoms with Crippen LogP contribution in [0, 0.1) is 0 Å². The summed E-state index contributed by atoms with van der Waals surface area (Å²) in [6.45, 7) is 0. The maximum atomic E-state index is 5.39. The molecule has 0 fully saturated rings. The molecule has 0 atom stereocenters. The second kappa shape index (κ2) is 15.3. The molecule has 0 N–H and O–H groups in total. The van der Waals surface area contributed by atoms with Gasteiger partial charge in [-0.15, -0.1) is 0 Å². The van der Waals surface area contributed by atoms with Crippen LogP contribution in [0.15, 0.2) is 224 Å². The second-order valence-electron chi connectivity index (χ2n) is 16.1. The van der Waals surface area contributed by atoms with Crippen molar-refractivity contribution in [2.45, 2.75) is 5.92 Å². The van der Waals surface area contributed by atoms with E-state index in [0.717, 1.165) is 55.4 Å². The van der Waals surface area contributed by atoms with E-state index in [-0.39, 0.29) is 5.92 Å². The number of pyridine rings is 1. The van der Waals surface area contributed by atoms with Crippen molar-refractivity contribution in [1.29, 1.82) is 0 Å². The molecule has 1 aliphatic carbocycles. The minimum absolute atomic E-state index is 0.118. The Morgan fingerprint density at radius 2 is 0.778 bits per heavy atom. The van der Waals surface area contributed by atoms with Crippen molar-refractivity contribution in [2.24, 2.45) is 0 Å². The molecule has 294 valence electrons. The molecule has 0 spiro atoms. The van der Waals surface area contributed by atoms with Gasteiger partial charge in [0, 0.05) is 44.3 Å². The lowest BCUT2D eigenvalue weighted by Gasteiger charge is -2.16. The lowest BCUT2D eigenvalue weighted by molar-refractivity contribution is 1.01. The smallest absolute Gasteiger partial charge is 0.164 e. The zero-order chi connectivity index (χ0) is 41.7. The molecular formula is C59H38N4. The normalized spacial score (nSPS) is 12.1. The third-order valence-electron chi connectivity index (χ3n) is 12.4. The summed E-state index contributed by atoms with van der Waals surface area (Å²) < 4.78 is 0. The van der Waals surface area contributed by atoms with E-state index < -0.39 is 0 Å². The van der Waals surface area contributed by atoms with Gasteiger partial charge in [-0.3, -0.25) is 0 Å². The molecule has 12 rings (SSSR count). The van der Waals surface area contributed by atoms with Crippen molar-refractivity contribution in [3.8, 4) is 78.8 Å². The largest absolute Gasteiger partial charge is 0.247 e. The molecule has 11 aromatic rings. The van der Waals surface area contributed by atoms with E-state index in [0.29, 0.717) is 17.5 Å². The summed E-state index contributed by atoms with van der Waals surface area (Å²) in [7, 11) is 0. The number of hydrogen-bond acceptors (Lipinski definition) is 4. The Morgan fingerprint density at radius 1 is 0.286 bits per heavy atom. The van der Waals surface area contributed by atoms with Crippen LogP contribution in [0.5, 0.6) is 0 Å². The first kappa shape index (κ1) is 36.5. The molecule has 63 heavy (non-hydrogen) atoms. The van der Waals surface area contributed by atoms with E-state index in [1.807, 2.05) is 18.2 Å². The maximum absolute atomic E-state index is 5.39. The molecule has 1 aliphatic rings. The Bertz CT molecular complexity index is 3460. The zero-order valence-corrected chi connectivity index (χ0v) is 34.2. The highest BCUT2D eigenvalue weighted by atomic mass is 15.0. The van der Waals surface area contributed by atoms with Gasteiger partial charge in [0.25, 0.3) is 0 Å². The zero-order valence-electron chi connectivity index (χ0n) is 34.2. The van der Waals surface area contributed by atoms with Crippen LogP contribution in [-0.4, -0.2) is 19.9 Å².